The van der Waals surface area contributed by atoms with Gasteiger partial charge in [0.25, 0.3) is 32.1 Å². The Balaban J connectivity index is 1.06. The predicted octanol–water partition coefficient (Wildman–Crippen LogP) is 4.98. The first-order chi connectivity index (χ1) is 25.5. The fraction of sp³-hybridized carbons (Fsp3) is 0. The molecule has 0 aliphatic carbocycles. The largest absolute Gasteiger partial charge is 0.506 e. The fourth-order valence-corrected chi connectivity index (χ4v) is 6.37. The van der Waals surface area contributed by atoms with E-state index in [1.54, 1.807) is 0 Å². The fourth-order valence-electron chi connectivity index (χ4n) is 5.33. The first kappa shape index (κ1) is 36.9. The van der Waals surface area contributed by atoms with Crippen LogP contribution in [-0.2, 0) is 29.8 Å². The molecule has 0 spiro atoms. The Morgan fingerprint density at radius 1 is 0.444 bits per heavy atom. The van der Waals surface area contributed by atoms with E-state index in [-0.39, 0.29) is 55.2 Å². The van der Waals surface area contributed by atoms with Crippen LogP contribution in [0.2, 0.25) is 0 Å². The summed E-state index contributed by atoms with van der Waals surface area (Å²) in [6.07, 6.45) is 0. The lowest BCUT2D eigenvalue weighted by Gasteiger charge is -2.12. The maximum absolute atomic E-state index is 13.0. The number of carbonyl (C=O) groups is 4. The van der Waals surface area contributed by atoms with Crippen LogP contribution in [0.4, 0.5) is 22.7 Å². The van der Waals surface area contributed by atoms with Crippen LogP contribution in [0, 0.1) is 0 Å². The van der Waals surface area contributed by atoms with E-state index in [2.05, 4.69) is 21.3 Å². The second-order valence-electron chi connectivity index (χ2n) is 11.6. The van der Waals surface area contributed by atoms with Gasteiger partial charge < -0.3 is 31.5 Å². The molecule has 274 valence electrons. The van der Waals surface area contributed by atoms with E-state index in [4.69, 9.17) is 0 Å². The summed E-state index contributed by atoms with van der Waals surface area (Å²) in [7, 11) is -8.96. The number of anilines is 4. The molecule has 4 amide bonds. The van der Waals surface area contributed by atoms with E-state index in [0.717, 1.165) is 12.1 Å². The maximum atomic E-state index is 13.0. The van der Waals surface area contributed by atoms with Crippen LogP contribution in [0.3, 0.4) is 0 Å². The van der Waals surface area contributed by atoms with Gasteiger partial charge in [0.2, 0.25) is 0 Å². The molecule has 0 aromatic heterocycles. The predicted molar refractivity (Wildman–Crippen MR) is 197 cm³/mol. The molecule has 18 heteroatoms. The molecule has 0 heterocycles. The normalized spacial score (nSPS) is 11.5. The van der Waals surface area contributed by atoms with Gasteiger partial charge in [0.05, 0.1) is 21.2 Å². The number of phenolic OH excluding ortho intramolecular Hbond substituents is 2. The van der Waals surface area contributed by atoms with Crippen molar-refractivity contribution in [3.8, 4) is 11.5 Å². The van der Waals surface area contributed by atoms with E-state index in [0.29, 0.717) is 21.5 Å². The summed E-state index contributed by atoms with van der Waals surface area (Å²) in [6, 6.07) is 23.4. The number of amides is 4. The quantitative estimate of drug-likeness (QED) is 0.0579. The first-order valence-electron chi connectivity index (χ1n) is 15.4. The number of phenols is 2. The van der Waals surface area contributed by atoms with Crippen LogP contribution in [0.5, 0.6) is 11.5 Å². The first-order valence-corrected chi connectivity index (χ1v) is 18.3. The van der Waals surface area contributed by atoms with Gasteiger partial charge in [-0.1, -0.05) is 24.3 Å². The van der Waals surface area contributed by atoms with Crippen molar-refractivity contribution in [3.05, 3.63) is 120 Å². The lowest BCUT2D eigenvalue weighted by molar-refractivity contribution is -0.132. The molecule has 8 N–H and O–H groups in total. The van der Waals surface area contributed by atoms with E-state index < -0.39 is 43.9 Å². The molecule has 54 heavy (non-hydrogen) atoms. The van der Waals surface area contributed by atoms with Gasteiger partial charge in [-0.15, -0.1) is 0 Å². The van der Waals surface area contributed by atoms with Crippen molar-refractivity contribution in [3.63, 3.8) is 0 Å². The highest BCUT2D eigenvalue weighted by molar-refractivity contribution is 7.86. The highest BCUT2D eigenvalue weighted by Gasteiger charge is 2.19. The molecular formula is C36H26N4O12S2. The highest BCUT2D eigenvalue weighted by atomic mass is 32.2. The van der Waals surface area contributed by atoms with Gasteiger partial charge in [0, 0.05) is 33.3 Å². The van der Waals surface area contributed by atoms with Crippen molar-refractivity contribution in [1.82, 2.24) is 0 Å². The summed E-state index contributed by atoms with van der Waals surface area (Å²) in [4.78, 5) is 50.4. The van der Waals surface area contributed by atoms with Crippen molar-refractivity contribution >= 4 is 88.2 Å². The second-order valence-corrected chi connectivity index (χ2v) is 14.4. The summed E-state index contributed by atoms with van der Waals surface area (Å²) in [6.45, 7) is 0. The Bertz CT molecular complexity index is 2560. The lowest BCUT2D eigenvalue weighted by atomic mass is 10.1. The summed E-state index contributed by atoms with van der Waals surface area (Å²) in [5.74, 6) is -4.03. The van der Waals surface area contributed by atoms with Gasteiger partial charge in [-0.3, -0.25) is 28.3 Å². The van der Waals surface area contributed by atoms with E-state index in [1.807, 2.05) is 0 Å². The number of rotatable bonds is 8. The Morgan fingerprint density at radius 2 is 0.796 bits per heavy atom. The molecule has 0 atom stereocenters. The molecule has 0 bridgehead atoms. The molecule has 6 rings (SSSR count). The monoisotopic (exact) mass is 770 g/mol. The third-order valence-electron chi connectivity index (χ3n) is 8.03. The lowest BCUT2D eigenvalue weighted by Crippen LogP contribution is -2.29. The number of carbonyl (C=O) groups excluding carboxylic acids is 4. The maximum Gasteiger partial charge on any atom is 0.314 e. The van der Waals surface area contributed by atoms with Crippen molar-refractivity contribution in [1.29, 1.82) is 0 Å². The Kier molecular flexibility index (Phi) is 9.76. The van der Waals surface area contributed by atoms with Crippen molar-refractivity contribution < 1.29 is 55.3 Å². The summed E-state index contributed by atoms with van der Waals surface area (Å²) in [5.41, 5.74) is 0.519. The average Bonchev–Trinajstić information content (AvgIpc) is 3.13. The minimum atomic E-state index is -4.48. The topological polar surface area (TPSA) is 266 Å². The third kappa shape index (κ3) is 7.96. The third-order valence-corrected chi connectivity index (χ3v) is 9.73. The SMILES string of the molecule is O=C(Nc1ccc(C(=O)Nc2c(O)ccc3cc(S(=O)(=O)O)ccc23)cc1)C(=O)Nc1ccc(C(=O)Nc2c(O)ccc3cc(S(=O)(=O)O)ccc23)cc1. The van der Waals surface area contributed by atoms with E-state index >= 15 is 0 Å². The minimum absolute atomic E-state index is 0.00892. The second kappa shape index (κ2) is 14.3. The molecule has 6 aromatic rings. The summed E-state index contributed by atoms with van der Waals surface area (Å²) >= 11 is 0. The smallest absolute Gasteiger partial charge is 0.314 e. The zero-order valence-electron chi connectivity index (χ0n) is 27.3. The highest BCUT2D eigenvalue weighted by Crippen LogP contribution is 2.35. The van der Waals surface area contributed by atoms with Crippen molar-refractivity contribution in [2.24, 2.45) is 0 Å². The molecule has 0 saturated heterocycles. The van der Waals surface area contributed by atoms with E-state index in [1.165, 1.54) is 97.1 Å². The number of hydrogen-bond donors (Lipinski definition) is 8. The Hall–Kier alpha value is -6.86. The Morgan fingerprint density at radius 3 is 1.13 bits per heavy atom. The van der Waals surface area contributed by atoms with Crippen molar-refractivity contribution in [2.75, 3.05) is 21.3 Å². The van der Waals surface area contributed by atoms with Crippen LogP contribution >= 0.6 is 0 Å². The van der Waals surface area contributed by atoms with Gasteiger partial charge in [-0.25, -0.2) is 0 Å². The van der Waals surface area contributed by atoms with Gasteiger partial charge in [-0.05, 0) is 95.7 Å². The molecule has 0 saturated carbocycles. The van der Waals surface area contributed by atoms with Gasteiger partial charge in [-0.2, -0.15) is 16.8 Å². The van der Waals surface area contributed by atoms with Gasteiger partial charge >= 0.3 is 11.8 Å². The molecule has 0 fully saturated rings. The standard InChI is InChI=1S/C36H26N4O12S2/c41-29-15-5-21-17-25(53(47,48)49)11-13-27(21)31(29)39-33(43)19-1-7-23(8-2-19)37-35(45)36(46)38-24-9-3-20(4-10-24)34(44)40-32-28-14-12-26(54(50,51)52)18-22(28)6-16-30(32)42/h1-18,41-42H,(H,37,45)(H,38,46)(H,39,43)(H,40,44)(H,47,48,49)(H,50,51,52). The van der Waals surface area contributed by atoms with Crippen LogP contribution in [0.1, 0.15) is 20.7 Å². The number of aromatic hydroxyl groups is 2. The Labute approximate surface area is 305 Å². The van der Waals surface area contributed by atoms with Gasteiger partial charge in [0.1, 0.15) is 11.5 Å². The molecular weight excluding hydrogens is 745 g/mol. The molecule has 0 unspecified atom stereocenters. The number of benzene rings is 6. The summed E-state index contributed by atoms with van der Waals surface area (Å²) in [5, 5.41) is 31.9. The molecule has 6 aromatic carbocycles. The molecule has 0 aliphatic heterocycles. The summed E-state index contributed by atoms with van der Waals surface area (Å²) < 4.78 is 64.6. The zero-order valence-corrected chi connectivity index (χ0v) is 28.9. The van der Waals surface area contributed by atoms with Crippen LogP contribution in [-0.4, -0.2) is 59.8 Å². The number of nitrogens with one attached hydrogen (secondary N) is 4. The zero-order chi connectivity index (χ0) is 38.9. The molecule has 16 nitrogen and oxygen atoms in total. The molecule has 0 aliphatic rings. The van der Waals surface area contributed by atoms with Crippen molar-refractivity contribution in [2.45, 2.75) is 9.79 Å². The van der Waals surface area contributed by atoms with E-state index in [9.17, 15) is 55.3 Å². The number of fused-ring (bicyclic) bond motifs is 2. The van der Waals surface area contributed by atoms with Gasteiger partial charge in [0.15, 0.2) is 0 Å². The minimum Gasteiger partial charge on any atom is -0.506 e. The van der Waals surface area contributed by atoms with Crippen LogP contribution < -0.4 is 21.3 Å². The van der Waals surface area contributed by atoms with Crippen LogP contribution in [0.25, 0.3) is 21.5 Å². The number of hydrogen-bond acceptors (Lipinski definition) is 10. The van der Waals surface area contributed by atoms with Crippen LogP contribution in [0.15, 0.2) is 119 Å². The average molecular weight is 771 g/mol. The molecule has 0 radical (unpaired) electrons.